The summed E-state index contributed by atoms with van der Waals surface area (Å²) in [4.78, 5) is 33.4. The third-order valence-electron chi connectivity index (χ3n) is 8.81. The summed E-state index contributed by atoms with van der Waals surface area (Å²) in [6.07, 6.45) is 10.8. The molecule has 0 unspecified atom stereocenters. The fourth-order valence-corrected chi connectivity index (χ4v) is 7.51. The number of carbonyl (C=O) groups excluding carboxylic acids is 2. The van der Waals surface area contributed by atoms with Gasteiger partial charge in [-0.3, -0.25) is 14.6 Å². The Labute approximate surface area is 215 Å². The first-order chi connectivity index (χ1) is 18.0. The summed E-state index contributed by atoms with van der Waals surface area (Å²) in [7, 11) is 0. The molecule has 8 rings (SSSR count). The van der Waals surface area contributed by atoms with Gasteiger partial charge in [-0.1, -0.05) is 18.2 Å². The van der Waals surface area contributed by atoms with Crippen LogP contribution in [0.5, 0.6) is 0 Å². The molecule has 4 saturated carbocycles. The molecule has 0 saturated heterocycles. The molecule has 4 aliphatic carbocycles. The molecule has 4 bridgehead atoms. The lowest BCUT2D eigenvalue weighted by molar-refractivity contribution is -0.140. The number of pyridine rings is 1. The van der Waals surface area contributed by atoms with E-state index in [0.717, 1.165) is 64.7 Å². The van der Waals surface area contributed by atoms with E-state index in [4.69, 9.17) is 0 Å². The predicted octanol–water partition coefficient (Wildman–Crippen LogP) is 6.64. The van der Waals surface area contributed by atoms with Gasteiger partial charge in [0.1, 0.15) is 5.69 Å². The molecular formula is C31H30N4O2. The number of amides is 2. The van der Waals surface area contributed by atoms with Crippen LogP contribution in [-0.4, -0.2) is 21.8 Å². The SMILES string of the molecule is O=C(Nc1ccc(-c2c[nH]c3ccc(NC(=O)C45CC6CC(CC(C6)C4)C5)cc23)cc1)c1ccccn1. The van der Waals surface area contributed by atoms with Crippen LogP contribution in [0.15, 0.2) is 73.1 Å². The van der Waals surface area contributed by atoms with Gasteiger partial charge < -0.3 is 15.6 Å². The zero-order valence-corrected chi connectivity index (χ0v) is 20.7. The van der Waals surface area contributed by atoms with E-state index in [-0.39, 0.29) is 17.2 Å². The van der Waals surface area contributed by atoms with Gasteiger partial charge in [-0.2, -0.15) is 0 Å². The monoisotopic (exact) mass is 490 g/mol. The van der Waals surface area contributed by atoms with Crippen LogP contribution in [0.25, 0.3) is 22.0 Å². The number of aromatic amines is 1. The first-order valence-electron chi connectivity index (χ1n) is 13.3. The highest BCUT2D eigenvalue weighted by Gasteiger charge is 2.54. The number of benzene rings is 2. The number of aromatic nitrogens is 2. The summed E-state index contributed by atoms with van der Waals surface area (Å²) < 4.78 is 0. The van der Waals surface area contributed by atoms with Crippen LogP contribution in [0.3, 0.4) is 0 Å². The van der Waals surface area contributed by atoms with E-state index < -0.39 is 0 Å². The van der Waals surface area contributed by atoms with Gasteiger partial charge >= 0.3 is 0 Å². The van der Waals surface area contributed by atoms with Crippen molar-refractivity contribution in [3.05, 3.63) is 78.8 Å². The van der Waals surface area contributed by atoms with Crippen molar-refractivity contribution in [2.45, 2.75) is 38.5 Å². The minimum Gasteiger partial charge on any atom is -0.361 e. The van der Waals surface area contributed by atoms with Gasteiger partial charge in [-0.25, -0.2) is 0 Å². The Bertz CT molecular complexity index is 1450. The number of carbonyl (C=O) groups is 2. The van der Waals surface area contributed by atoms with Crippen molar-refractivity contribution in [2.75, 3.05) is 10.6 Å². The van der Waals surface area contributed by atoms with E-state index in [2.05, 4.69) is 26.7 Å². The normalized spacial score (nSPS) is 25.8. The molecule has 2 heterocycles. The molecule has 186 valence electrons. The molecule has 3 N–H and O–H groups in total. The highest BCUT2D eigenvalue weighted by atomic mass is 16.2. The highest BCUT2D eigenvalue weighted by molar-refractivity contribution is 6.04. The highest BCUT2D eigenvalue weighted by Crippen LogP contribution is 2.60. The topological polar surface area (TPSA) is 86.9 Å². The number of nitrogens with one attached hydrogen (secondary N) is 3. The van der Waals surface area contributed by atoms with Crippen molar-refractivity contribution in [1.82, 2.24) is 9.97 Å². The Morgan fingerprint density at radius 3 is 2.22 bits per heavy atom. The standard InChI is InChI=1S/C31H30N4O2/c36-29(28-3-1-2-10-32-28)34-23-6-4-22(5-7-23)26-18-33-27-9-8-24(14-25(26)27)35-30(37)31-15-19-11-20(16-31)13-21(12-19)17-31/h1-10,14,18-21,33H,11-13,15-17H2,(H,34,36)(H,35,37). The molecule has 4 aromatic rings. The molecule has 0 atom stereocenters. The summed E-state index contributed by atoms with van der Waals surface area (Å²) in [5, 5.41) is 7.26. The van der Waals surface area contributed by atoms with E-state index >= 15 is 0 Å². The van der Waals surface area contributed by atoms with Gasteiger partial charge in [0.25, 0.3) is 5.91 Å². The van der Waals surface area contributed by atoms with Gasteiger partial charge in [0.2, 0.25) is 5.91 Å². The van der Waals surface area contributed by atoms with Crippen molar-refractivity contribution in [3.8, 4) is 11.1 Å². The molecule has 2 aromatic carbocycles. The molecule has 37 heavy (non-hydrogen) atoms. The lowest BCUT2D eigenvalue weighted by atomic mass is 9.49. The smallest absolute Gasteiger partial charge is 0.274 e. The number of nitrogens with zero attached hydrogens (tertiary/aromatic N) is 1. The number of rotatable bonds is 5. The molecule has 0 aliphatic heterocycles. The predicted molar refractivity (Wildman–Crippen MR) is 145 cm³/mol. The van der Waals surface area contributed by atoms with Crippen molar-refractivity contribution < 1.29 is 9.59 Å². The van der Waals surface area contributed by atoms with Gasteiger partial charge in [0.15, 0.2) is 0 Å². The van der Waals surface area contributed by atoms with Crippen LogP contribution >= 0.6 is 0 Å². The first kappa shape index (κ1) is 22.3. The maximum absolute atomic E-state index is 13.6. The molecule has 2 amide bonds. The largest absolute Gasteiger partial charge is 0.361 e. The number of hydrogen-bond donors (Lipinski definition) is 3. The third-order valence-corrected chi connectivity index (χ3v) is 8.81. The Hall–Kier alpha value is -3.93. The van der Waals surface area contributed by atoms with Gasteiger partial charge in [-0.15, -0.1) is 0 Å². The Morgan fingerprint density at radius 1 is 0.838 bits per heavy atom. The first-order valence-corrected chi connectivity index (χ1v) is 13.3. The van der Waals surface area contributed by atoms with Crippen molar-refractivity contribution in [2.24, 2.45) is 23.2 Å². The zero-order chi connectivity index (χ0) is 25.0. The zero-order valence-electron chi connectivity index (χ0n) is 20.7. The van der Waals surface area contributed by atoms with E-state index in [9.17, 15) is 9.59 Å². The molecule has 6 heteroatoms. The van der Waals surface area contributed by atoms with Crippen LogP contribution in [-0.2, 0) is 4.79 Å². The molecule has 6 nitrogen and oxygen atoms in total. The Kier molecular flexibility index (Phi) is 5.17. The van der Waals surface area contributed by atoms with E-state index in [1.807, 2.05) is 42.6 Å². The van der Waals surface area contributed by atoms with Crippen LogP contribution < -0.4 is 10.6 Å². The van der Waals surface area contributed by atoms with E-state index in [1.54, 1.807) is 24.4 Å². The van der Waals surface area contributed by atoms with Crippen molar-refractivity contribution in [3.63, 3.8) is 0 Å². The number of fused-ring (bicyclic) bond motifs is 1. The average molecular weight is 491 g/mol. The number of H-pyrrole nitrogens is 1. The molecule has 0 radical (unpaired) electrons. The van der Waals surface area contributed by atoms with Gasteiger partial charge in [0.05, 0.1) is 5.41 Å². The van der Waals surface area contributed by atoms with Crippen LogP contribution in [0.2, 0.25) is 0 Å². The summed E-state index contributed by atoms with van der Waals surface area (Å²) in [6.45, 7) is 0. The lowest BCUT2D eigenvalue weighted by Crippen LogP contribution is -2.51. The second-order valence-corrected chi connectivity index (χ2v) is 11.4. The third kappa shape index (κ3) is 4.01. The van der Waals surface area contributed by atoms with Gasteiger partial charge in [0, 0.05) is 40.2 Å². The van der Waals surface area contributed by atoms with E-state index in [1.165, 1.54) is 19.3 Å². The summed E-state index contributed by atoms with van der Waals surface area (Å²) >= 11 is 0. The molecule has 4 fully saturated rings. The fraction of sp³-hybridized carbons (Fsp3) is 0.323. The van der Waals surface area contributed by atoms with Crippen LogP contribution in [0.1, 0.15) is 49.0 Å². The molecule has 0 spiro atoms. The summed E-state index contributed by atoms with van der Waals surface area (Å²) in [5.41, 5.74) is 4.90. The molecular weight excluding hydrogens is 460 g/mol. The quantitative estimate of drug-likeness (QED) is 0.293. The number of hydrogen-bond acceptors (Lipinski definition) is 3. The fourth-order valence-electron chi connectivity index (χ4n) is 7.51. The molecule has 4 aliphatic rings. The van der Waals surface area contributed by atoms with Crippen molar-refractivity contribution in [1.29, 1.82) is 0 Å². The average Bonchev–Trinajstić information content (AvgIpc) is 3.32. The maximum atomic E-state index is 13.6. The van der Waals surface area contributed by atoms with Crippen molar-refractivity contribution >= 4 is 34.1 Å². The van der Waals surface area contributed by atoms with Crippen LogP contribution in [0, 0.1) is 23.2 Å². The minimum absolute atomic E-state index is 0.166. The van der Waals surface area contributed by atoms with Crippen LogP contribution in [0.4, 0.5) is 11.4 Å². The minimum atomic E-state index is -0.236. The second-order valence-electron chi connectivity index (χ2n) is 11.4. The Morgan fingerprint density at radius 2 is 1.54 bits per heavy atom. The second kappa shape index (κ2) is 8.58. The van der Waals surface area contributed by atoms with E-state index in [0.29, 0.717) is 11.4 Å². The molecule has 2 aromatic heterocycles. The summed E-state index contributed by atoms with van der Waals surface area (Å²) in [6, 6.07) is 19.2. The van der Waals surface area contributed by atoms with Gasteiger partial charge in [-0.05, 0) is 104 Å². The number of anilines is 2. The Balaban J connectivity index is 1.10. The maximum Gasteiger partial charge on any atom is 0.274 e. The summed E-state index contributed by atoms with van der Waals surface area (Å²) in [5.74, 6) is 2.21. The lowest BCUT2D eigenvalue weighted by Gasteiger charge is -2.55.